The van der Waals surface area contributed by atoms with Gasteiger partial charge in [0.2, 0.25) is 0 Å². The number of carbonyl (C=O) groups is 1. The number of aromatic nitrogens is 2. The fourth-order valence-electron chi connectivity index (χ4n) is 1.38. The summed E-state index contributed by atoms with van der Waals surface area (Å²) in [6.07, 6.45) is 2.89. The fourth-order valence-corrected chi connectivity index (χ4v) is 1.38. The molecule has 0 aliphatic carbocycles. The molecule has 1 aromatic heterocycles. The second-order valence-corrected chi connectivity index (χ2v) is 3.78. The third-order valence-electron chi connectivity index (χ3n) is 2.23. The molecule has 0 aliphatic rings. The summed E-state index contributed by atoms with van der Waals surface area (Å²) in [5, 5.41) is 3.17. The van der Waals surface area contributed by atoms with Gasteiger partial charge in [-0.25, -0.2) is 4.98 Å². The zero-order chi connectivity index (χ0) is 12.7. The van der Waals surface area contributed by atoms with E-state index in [1.165, 1.54) is 0 Å². The quantitative estimate of drug-likeness (QED) is 0.604. The molecule has 0 spiro atoms. The molecule has 1 aromatic rings. The highest BCUT2D eigenvalue weighted by molar-refractivity contribution is 5.69. The summed E-state index contributed by atoms with van der Waals surface area (Å²) >= 11 is 0. The van der Waals surface area contributed by atoms with Crippen LogP contribution in [-0.4, -0.2) is 29.1 Å². The van der Waals surface area contributed by atoms with Crippen LogP contribution in [0.4, 0.5) is 5.82 Å². The Morgan fingerprint density at radius 1 is 1.47 bits per heavy atom. The molecule has 0 radical (unpaired) electrons. The summed E-state index contributed by atoms with van der Waals surface area (Å²) in [7, 11) is 0. The fraction of sp³-hybridized carbons (Fsp3) is 0.583. The van der Waals surface area contributed by atoms with Crippen LogP contribution in [0.5, 0.6) is 0 Å². The summed E-state index contributed by atoms with van der Waals surface area (Å²) in [6.45, 7) is 6.74. The molecular weight excluding hydrogens is 218 g/mol. The van der Waals surface area contributed by atoms with E-state index in [1.807, 2.05) is 20.8 Å². The lowest BCUT2D eigenvalue weighted by molar-refractivity contribution is -0.143. The highest BCUT2D eigenvalue weighted by atomic mass is 16.5. The van der Waals surface area contributed by atoms with E-state index >= 15 is 0 Å². The zero-order valence-corrected chi connectivity index (χ0v) is 10.6. The van der Waals surface area contributed by atoms with Crippen LogP contribution in [0.15, 0.2) is 6.20 Å². The largest absolute Gasteiger partial charge is 0.466 e. The first-order chi connectivity index (χ1) is 8.13. The maximum atomic E-state index is 11.1. The first-order valence-corrected chi connectivity index (χ1v) is 5.83. The van der Waals surface area contributed by atoms with Crippen LogP contribution in [0, 0.1) is 13.8 Å². The van der Waals surface area contributed by atoms with Crippen molar-refractivity contribution >= 4 is 11.8 Å². The van der Waals surface area contributed by atoms with Crippen molar-refractivity contribution in [1.29, 1.82) is 0 Å². The van der Waals surface area contributed by atoms with Gasteiger partial charge in [-0.1, -0.05) is 0 Å². The Hall–Kier alpha value is -1.65. The van der Waals surface area contributed by atoms with Crippen molar-refractivity contribution in [2.24, 2.45) is 0 Å². The van der Waals surface area contributed by atoms with Crippen molar-refractivity contribution < 1.29 is 9.53 Å². The first kappa shape index (κ1) is 13.4. The van der Waals surface area contributed by atoms with Crippen LogP contribution in [0.2, 0.25) is 0 Å². The topological polar surface area (TPSA) is 64.1 Å². The van der Waals surface area contributed by atoms with Crippen molar-refractivity contribution in [3.8, 4) is 0 Å². The lowest BCUT2D eigenvalue weighted by Crippen LogP contribution is -2.10. The van der Waals surface area contributed by atoms with Crippen molar-refractivity contribution in [3.63, 3.8) is 0 Å². The minimum absolute atomic E-state index is 0.152. The summed E-state index contributed by atoms with van der Waals surface area (Å²) in [4.78, 5) is 19.6. The van der Waals surface area contributed by atoms with Crippen LogP contribution in [0.3, 0.4) is 0 Å². The lowest BCUT2D eigenvalue weighted by Gasteiger charge is -2.08. The van der Waals surface area contributed by atoms with E-state index in [0.29, 0.717) is 19.6 Å². The molecule has 17 heavy (non-hydrogen) atoms. The highest BCUT2D eigenvalue weighted by Crippen LogP contribution is 2.08. The molecule has 0 atom stereocenters. The maximum Gasteiger partial charge on any atom is 0.305 e. The van der Waals surface area contributed by atoms with E-state index in [9.17, 15) is 4.79 Å². The molecule has 0 bridgehead atoms. The van der Waals surface area contributed by atoms with E-state index in [2.05, 4.69) is 15.3 Å². The Morgan fingerprint density at radius 3 is 2.94 bits per heavy atom. The number of hydrogen-bond donors (Lipinski definition) is 1. The summed E-state index contributed by atoms with van der Waals surface area (Å²) < 4.78 is 4.84. The number of carbonyl (C=O) groups excluding carboxylic acids is 1. The Kier molecular flexibility index (Phi) is 5.39. The van der Waals surface area contributed by atoms with Crippen LogP contribution in [-0.2, 0) is 9.53 Å². The van der Waals surface area contributed by atoms with Crippen molar-refractivity contribution in [3.05, 3.63) is 17.6 Å². The molecule has 1 rings (SSSR count). The van der Waals surface area contributed by atoms with Crippen LogP contribution < -0.4 is 5.32 Å². The van der Waals surface area contributed by atoms with E-state index in [-0.39, 0.29) is 5.97 Å². The molecule has 94 valence electrons. The maximum absolute atomic E-state index is 11.1. The molecule has 0 unspecified atom stereocenters. The van der Waals surface area contributed by atoms with Gasteiger partial charge in [-0.2, -0.15) is 0 Å². The summed E-state index contributed by atoms with van der Waals surface area (Å²) in [5.41, 5.74) is 1.75. The SMILES string of the molecule is CCOC(=O)CCCNc1nc(C)cnc1C. The van der Waals surface area contributed by atoms with E-state index < -0.39 is 0 Å². The number of nitrogens with zero attached hydrogens (tertiary/aromatic N) is 2. The minimum Gasteiger partial charge on any atom is -0.466 e. The number of aryl methyl sites for hydroxylation is 2. The standard InChI is InChI=1S/C12H19N3O2/c1-4-17-11(16)6-5-7-13-12-10(3)14-8-9(2)15-12/h8H,4-7H2,1-3H3,(H,13,15). The van der Waals surface area contributed by atoms with Gasteiger partial charge in [0.25, 0.3) is 0 Å². The average molecular weight is 237 g/mol. The highest BCUT2D eigenvalue weighted by Gasteiger charge is 2.03. The molecule has 0 aromatic carbocycles. The second-order valence-electron chi connectivity index (χ2n) is 3.78. The molecule has 1 heterocycles. The number of anilines is 1. The van der Waals surface area contributed by atoms with Crippen molar-refractivity contribution in [1.82, 2.24) is 9.97 Å². The monoisotopic (exact) mass is 237 g/mol. The molecule has 0 amide bonds. The lowest BCUT2D eigenvalue weighted by atomic mass is 10.3. The number of esters is 1. The van der Waals surface area contributed by atoms with Crippen LogP contribution in [0.25, 0.3) is 0 Å². The van der Waals surface area contributed by atoms with Gasteiger partial charge in [0.15, 0.2) is 0 Å². The van der Waals surface area contributed by atoms with Crippen LogP contribution >= 0.6 is 0 Å². The molecule has 0 saturated heterocycles. The zero-order valence-electron chi connectivity index (χ0n) is 10.6. The number of ether oxygens (including phenoxy) is 1. The smallest absolute Gasteiger partial charge is 0.305 e. The summed E-state index contributed by atoms with van der Waals surface area (Å²) in [5.74, 6) is 0.634. The minimum atomic E-state index is -0.152. The van der Waals surface area contributed by atoms with Gasteiger partial charge in [0.1, 0.15) is 5.82 Å². The summed E-state index contributed by atoms with van der Waals surface area (Å²) in [6, 6.07) is 0. The van der Waals surface area contributed by atoms with Crippen LogP contribution in [0.1, 0.15) is 31.2 Å². The molecule has 5 heteroatoms. The molecular formula is C12H19N3O2. The molecule has 0 saturated carbocycles. The normalized spacial score (nSPS) is 10.1. The molecule has 1 N–H and O–H groups in total. The third kappa shape index (κ3) is 4.80. The molecule has 0 aliphatic heterocycles. The Balaban J connectivity index is 2.31. The van der Waals surface area contributed by atoms with Gasteiger partial charge in [-0.15, -0.1) is 0 Å². The van der Waals surface area contributed by atoms with Crippen molar-refractivity contribution in [2.45, 2.75) is 33.6 Å². The molecule has 5 nitrogen and oxygen atoms in total. The second kappa shape index (κ2) is 6.83. The van der Waals surface area contributed by atoms with Gasteiger partial charge >= 0.3 is 5.97 Å². The van der Waals surface area contributed by atoms with Gasteiger partial charge in [-0.05, 0) is 27.2 Å². The molecule has 0 fully saturated rings. The van der Waals surface area contributed by atoms with Gasteiger partial charge < -0.3 is 10.1 Å². The number of rotatable bonds is 6. The Labute approximate surface area is 102 Å². The van der Waals surface area contributed by atoms with Gasteiger partial charge in [0.05, 0.1) is 18.0 Å². The predicted molar refractivity (Wildman–Crippen MR) is 65.9 cm³/mol. The average Bonchev–Trinajstić information content (AvgIpc) is 2.29. The third-order valence-corrected chi connectivity index (χ3v) is 2.23. The van der Waals surface area contributed by atoms with E-state index in [4.69, 9.17) is 4.74 Å². The number of nitrogens with one attached hydrogen (secondary N) is 1. The first-order valence-electron chi connectivity index (χ1n) is 5.83. The van der Waals surface area contributed by atoms with Gasteiger partial charge in [-0.3, -0.25) is 9.78 Å². The number of hydrogen-bond acceptors (Lipinski definition) is 5. The van der Waals surface area contributed by atoms with E-state index in [0.717, 1.165) is 23.6 Å². The Morgan fingerprint density at radius 2 is 2.24 bits per heavy atom. The van der Waals surface area contributed by atoms with Crippen molar-refractivity contribution in [2.75, 3.05) is 18.5 Å². The van der Waals surface area contributed by atoms with Gasteiger partial charge in [0, 0.05) is 19.2 Å². The Bertz CT molecular complexity index is 380. The predicted octanol–water partition coefficient (Wildman–Crippen LogP) is 1.85. The van der Waals surface area contributed by atoms with E-state index in [1.54, 1.807) is 6.20 Å².